The van der Waals surface area contributed by atoms with Gasteiger partial charge in [-0.15, -0.1) is 0 Å². The smallest absolute Gasteiger partial charge is 0.0819 e. The Morgan fingerprint density at radius 3 is 1.69 bits per heavy atom. The van der Waals surface area contributed by atoms with Gasteiger partial charge in [-0.3, -0.25) is 5.26 Å². The molecule has 0 aliphatic rings. The number of unbranched alkanes of at least 4 members (excludes halogenated alkanes) is 1. The Bertz CT molecular complexity index is 129. The topological polar surface area (TPSA) is 29.5 Å². The van der Waals surface area contributed by atoms with Crippen molar-refractivity contribution < 1.29 is 10.1 Å². The molecule has 0 amide bonds. The van der Waals surface area contributed by atoms with Crippen LogP contribution in [0.15, 0.2) is 0 Å². The molecule has 0 rings (SSSR count). The lowest BCUT2D eigenvalue weighted by Crippen LogP contribution is -2.20. The van der Waals surface area contributed by atoms with Crippen LogP contribution in [-0.4, -0.2) is 11.9 Å². The summed E-state index contributed by atoms with van der Waals surface area (Å²) in [4.78, 5) is 4.14. The Labute approximate surface area is 101 Å². The number of hydrogen-bond acceptors (Lipinski definition) is 2. The molecule has 0 radical (unpaired) electrons. The van der Waals surface area contributed by atoms with Crippen molar-refractivity contribution in [2.75, 3.05) is 6.61 Å². The van der Waals surface area contributed by atoms with E-state index in [-0.39, 0.29) is 0 Å². The molecule has 0 aliphatic carbocycles. The zero-order chi connectivity index (χ0) is 12.3. The standard InChI is InChI=1S/C14H30O2/c1-4-9-14(10-5-2,11-6-3)12-7-8-13-16-15/h15H,4-13H2,1-3H3. The fourth-order valence-electron chi connectivity index (χ4n) is 3.01. The summed E-state index contributed by atoms with van der Waals surface area (Å²) in [6.45, 7) is 7.35. The average molecular weight is 230 g/mol. The molecule has 0 fully saturated rings. The highest BCUT2D eigenvalue weighted by Crippen LogP contribution is 2.39. The summed E-state index contributed by atoms with van der Waals surface area (Å²) in [5.41, 5.74) is 0.563. The highest BCUT2D eigenvalue weighted by molar-refractivity contribution is 4.78. The maximum atomic E-state index is 8.31. The Morgan fingerprint density at radius 1 is 0.812 bits per heavy atom. The average Bonchev–Trinajstić information content (AvgIpc) is 2.26. The van der Waals surface area contributed by atoms with Crippen molar-refractivity contribution in [3.63, 3.8) is 0 Å². The highest BCUT2D eigenvalue weighted by Gasteiger charge is 2.26. The van der Waals surface area contributed by atoms with Gasteiger partial charge in [-0.05, 0) is 37.5 Å². The van der Waals surface area contributed by atoms with Crippen molar-refractivity contribution in [2.24, 2.45) is 5.41 Å². The molecule has 2 nitrogen and oxygen atoms in total. The van der Waals surface area contributed by atoms with E-state index >= 15 is 0 Å². The molecule has 0 heterocycles. The fraction of sp³-hybridized carbons (Fsp3) is 1.00. The normalized spacial score (nSPS) is 12.0. The Balaban J connectivity index is 4.12. The van der Waals surface area contributed by atoms with Crippen molar-refractivity contribution in [1.82, 2.24) is 0 Å². The first-order valence-corrected chi connectivity index (χ1v) is 7.01. The summed E-state index contributed by atoms with van der Waals surface area (Å²) in [6.07, 6.45) is 11.4. The van der Waals surface area contributed by atoms with Crippen molar-refractivity contribution in [1.29, 1.82) is 0 Å². The van der Waals surface area contributed by atoms with E-state index in [1.165, 1.54) is 51.4 Å². The SMILES string of the molecule is CCCC(CCC)(CCC)CCCCOO. The van der Waals surface area contributed by atoms with Crippen LogP contribution in [0, 0.1) is 5.41 Å². The molecular weight excluding hydrogens is 200 g/mol. The molecule has 2 heteroatoms. The molecule has 0 unspecified atom stereocenters. The summed E-state index contributed by atoms with van der Waals surface area (Å²) >= 11 is 0. The summed E-state index contributed by atoms with van der Waals surface area (Å²) < 4.78 is 0. The summed E-state index contributed by atoms with van der Waals surface area (Å²) in [6, 6.07) is 0. The molecule has 0 spiro atoms. The van der Waals surface area contributed by atoms with Crippen LogP contribution in [0.5, 0.6) is 0 Å². The van der Waals surface area contributed by atoms with Crippen LogP contribution < -0.4 is 0 Å². The zero-order valence-electron chi connectivity index (χ0n) is 11.4. The zero-order valence-corrected chi connectivity index (χ0v) is 11.4. The second-order valence-electron chi connectivity index (χ2n) is 5.04. The Hall–Kier alpha value is -0.0800. The van der Waals surface area contributed by atoms with E-state index in [1.54, 1.807) is 0 Å². The molecule has 0 aromatic heterocycles. The van der Waals surface area contributed by atoms with Gasteiger partial charge in [-0.2, -0.15) is 0 Å². The molecule has 16 heavy (non-hydrogen) atoms. The summed E-state index contributed by atoms with van der Waals surface area (Å²) in [7, 11) is 0. The van der Waals surface area contributed by atoms with E-state index in [0.29, 0.717) is 12.0 Å². The third kappa shape index (κ3) is 6.49. The van der Waals surface area contributed by atoms with Crippen LogP contribution in [-0.2, 0) is 4.89 Å². The molecule has 0 saturated heterocycles. The second-order valence-corrected chi connectivity index (χ2v) is 5.04. The minimum absolute atomic E-state index is 0.487. The molecule has 0 saturated carbocycles. The monoisotopic (exact) mass is 230 g/mol. The Morgan fingerprint density at radius 2 is 1.31 bits per heavy atom. The molecule has 0 aromatic rings. The van der Waals surface area contributed by atoms with E-state index in [0.717, 1.165) is 6.42 Å². The third-order valence-corrected chi connectivity index (χ3v) is 3.53. The third-order valence-electron chi connectivity index (χ3n) is 3.53. The van der Waals surface area contributed by atoms with Gasteiger partial charge < -0.3 is 0 Å². The predicted molar refractivity (Wildman–Crippen MR) is 69.6 cm³/mol. The van der Waals surface area contributed by atoms with E-state index in [4.69, 9.17) is 5.26 Å². The van der Waals surface area contributed by atoms with Gasteiger partial charge in [0.2, 0.25) is 0 Å². The molecule has 98 valence electrons. The molecule has 0 aliphatic heterocycles. The van der Waals surface area contributed by atoms with Crippen LogP contribution >= 0.6 is 0 Å². The fourth-order valence-corrected chi connectivity index (χ4v) is 3.01. The maximum absolute atomic E-state index is 8.31. The summed E-state index contributed by atoms with van der Waals surface area (Å²) in [5.74, 6) is 0. The number of hydrogen-bond donors (Lipinski definition) is 1. The molecule has 0 atom stereocenters. The van der Waals surface area contributed by atoms with Crippen LogP contribution in [0.4, 0.5) is 0 Å². The lowest BCUT2D eigenvalue weighted by molar-refractivity contribution is -0.243. The van der Waals surface area contributed by atoms with Crippen molar-refractivity contribution >= 4 is 0 Å². The lowest BCUT2D eigenvalue weighted by Gasteiger charge is -2.33. The van der Waals surface area contributed by atoms with E-state index < -0.39 is 0 Å². The molecular formula is C14H30O2. The minimum Gasteiger partial charge on any atom is -0.252 e. The van der Waals surface area contributed by atoms with Crippen molar-refractivity contribution in [2.45, 2.75) is 78.6 Å². The van der Waals surface area contributed by atoms with E-state index in [9.17, 15) is 0 Å². The summed E-state index contributed by atoms with van der Waals surface area (Å²) in [5, 5.41) is 8.31. The van der Waals surface area contributed by atoms with Gasteiger partial charge in [0.15, 0.2) is 0 Å². The molecule has 0 aromatic carbocycles. The predicted octanol–water partition coefficient (Wildman–Crippen LogP) is 5.03. The first kappa shape index (κ1) is 15.9. The largest absolute Gasteiger partial charge is 0.252 e. The maximum Gasteiger partial charge on any atom is 0.0819 e. The van der Waals surface area contributed by atoms with Crippen LogP contribution in [0.2, 0.25) is 0 Å². The minimum atomic E-state index is 0.487. The van der Waals surface area contributed by atoms with Crippen LogP contribution in [0.25, 0.3) is 0 Å². The van der Waals surface area contributed by atoms with Gasteiger partial charge in [0.1, 0.15) is 0 Å². The lowest BCUT2D eigenvalue weighted by atomic mass is 9.72. The molecule has 1 N–H and O–H groups in total. The first-order valence-electron chi connectivity index (χ1n) is 7.01. The van der Waals surface area contributed by atoms with E-state index in [1.807, 2.05) is 0 Å². The van der Waals surface area contributed by atoms with Crippen molar-refractivity contribution in [3.05, 3.63) is 0 Å². The molecule has 0 bridgehead atoms. The highest BCUT2D eigenvalue weighted by atomic mass is 17.1. The van der Waals surface area contributed by atoms with Crippen LogP contribution in [0.1, 0.15) is 78.6 Å². The van der Waals surface area contributed by atoms with Gasteiger partial charge in [0.05, 0.1) is 6.61 Å². The van der Waals surface area contributed by atoms with Crippen LogP contribution in [0.3, 0.4) is 0 Å². The van der Waals surface area contributed by atoms with Gasteiger partial charge in [0, 0.05) is 0 Å². The Kier molecular flexibility index (Phi) is 10.0. The van der Waals surface area contributed by atoms with Gasteiger partial charge in [-0.25, -0.2) is 4.89 Å². The van der Waals surface area contributed by atoms with Gasteiger partial charge in [0.25, 0.3) is 0 Å². The van der Waals surface area contributed by atoms with Crippen molar-refractivity contribution in [3.8, 4) is 0 Å². The van der Waals surface area contributed by atoms with Gasteiger partial charge in [-0.1, -0.05) is 46.5 Å². The number of rotatable bonds is 11. The first-order chi connectivity index (χ1) is 7.74. The second kappa shape index (κ2) is 10.1. The van der Waals surface area contributed by atoms with Gasteiger partial charge >= 0.3 is 0 Å². The van der Waals surface area contributed by atoms with E-state index in [2.05, 4.69) is 25.7 Å². The quantitative estimate of drug-likeness (QED) is 0.306.